The summed E-state index contributed by atoms with van der Waals surface area (Å²) in [6.45, 7) is 0.914. The number of benzene rings is 1. The molecule has 0 saturated carbocycles. The second-order valence-electron chi connectivity index (χ2n) is 6.15. The SMILES string of the molecule is NC(=O)N1Cc2cnc(Nc3cccnc3)nc2[C@H](c2ccccc2)C1. The molecule has 1 aliphatic rings. The van der Waals surface area contributed by atoms with E-state index in [-0.39, 0.29) is 5.92 Å². The van der Waals surface area contributed by atoms with Crippen molar-refractivity contribution in [2.75, 3.05) is 11.9 Å². The molecule has 0 fully saturated rings. The first-order chi connectivity index (χ1) is 12.7. The third-order valence-corrected chi connectivity index (χ3v) is 4.42. The lowest BCUT2D eigenvalue weighted by Crippen LogP contribution is -2.42. The van der Waals surface area contributed by atoms with Crippen LogP contribution in [0.25, 0.3) is 0 Å². The van der Waals surface area contributed by atoms with Gasteiger partial charge in [-0.25, -0.2) is 14.8 Å². The Balaban J connectivity index is 1.72. The van der Waals surface area contributed by atoms with E-state index in [0.29, 0.717) is 19.0 Å². The van der Waals surface area contributed by atoms with Crippen LogP contribution in [0.2, 0.25) is 0 Å². The van der Waals surface area contributed by atoms with Gasteiger partial charge in [0.05, 0.1) is 24.1 Å². The molecule has 3 N–H and O–H groups in total. The number of nitrogens with zero attached hydrogens (tertiary/aromatic N) is 4. The van der Waals surface area contributed by atoms with Crippen LogP contribution in [0.15, 0.2) is 61.1 Å². The van der Waals surface area contributed by atoms with E-state index in [0.717, 1.165) is 22.5 Å². The molecular weight excluding hydrogens is 328 g/mol. The molecule has 0 bridgehead atoms. The maximum Gasteiger partial charge on any atom is 0.315 e. The van der Waals surface area contributed by atoms with Gasteiger partial charge in [0.25, 0.3) is 0 Å². The van der Waals surface area contributed by atoms with E-state index in [2.05, 4.69) is 15.3 Å². The number of anilines is 2. The summed E-state index contributed by atoms with van der Waals surface area (Å²) in [5, 5.41) is 3.17. The number of nitrogens with one attached hydrogen (secondary N) is 1. The van der Waals surface area contributed by atoms with Crippen molar-refractivity contribution in [3.8, 4) is 0 Å². The predicted octanol–water partition coefficient (Wildman–Crippen LogP) is 2.64. The molecule has 1 aliphatic heterocycles. The van der Waals surface area contributed by atoms with Crippen molar-refractivity contribution in [1.82, 2.24) is 19.9 Å². The lowest BCUT2D eigenvalue weighted by molar-refractivity contribution is 0.198. The van der Waals surface area contributed by atoms with E-state index in [1.165, 1.54) is 0 Å². The Hall–Kier alpha value is -3.48. The van der Waals surface area contributed by atoms with Gasteiger partial charge in [-0.3, -0.25) is 4.98 Å². The third-order valence-electron chi connectivity index (χ3n) is 4.42. The van der Waals surface area contributed by atoms with Crippen LogP contribution in [0.5, 0.6) is 0 Å². The average Bonchev–Trinajstić information content (AvgIpc) is 2.68. The van der Waals surface area contributed by atoms with Crippen molar-refractivity contribution in [3.05, 3.63) is 77.9 Å². The summed E-state index contributed by atoms with van der Waals surface area (Å²) < 4.78 is 0. The molecule has 4 rings (SSSR count). The van der Waals surface area contributed by atoms with Gasteiger partial charge >= 0.3 is 6.03 Å². The highest BCUT2D eigenvalue weighted by Gasteiger charge is 2.30. The number of hydrogen-bond acceptors (Lipinski definition) is 5. The van der Waals surface area contributed by atoms with E-state index in [9.17, 15) is 4.79 Å². The van der Waals surface area contributed by atoms with Gasteiger partial charge in [-0.15, -0.1) is 0 Å². The van der Waals surface area contributed by atoms with Gasteiger partial charge in [0.15, 0.2) is 0 Å². The van der Waals surface area contributed by atoms with Crippen molar-refractivity contribution in [2.24, 2.45) is 5.73 Å². The minimum atomic E-state index is -0.436. The standard InChI is InChI=1S/C19H18N6O/c20-18(26)25-11-14-9-22-19(23-15-7-4-8-21-10-15)24-17(14)16(12-25)13-5-2-1-3-6-13/h1-10,16H,11-12H2,(H2,20,26)(H,22,23,24)/t16-/m0/s1. The van der Waals surface area contributed by atoms with Crippen molar-refractivity contribution in [3.63, 3.8) is 0 Å². The summed E-state index contributed by atoms with van der Waals surface area (Å²) in [5.41, 5.74) is 9.25. The largest absolute Gasteiger partial charge is 0.351 e. The second-order valence-corrected chi connectivity index (χ2v) is 6.15. The van der Waals surface area contributed by atoms with Crippen LogP contribution in [-0.4, -0.2) is 32.4 Å². The quantitative estimate of drug-likeness (QED) is 0.760. The highest BCUT2D eigenvalue weighted by Crippen LogP contribution is 2.32. The van der Waals surface area contributed by atoms with E-state index < -0.39 is 6.03 Å². The molecule has 1 aromatic carbocycles. The Bertz CT molecular complexity index is 916. The zero-order chi connectivity index (χ0) is 17.9. The first-order valence-corrected chi connectivity index (χ1v) is 8.33. The normalized spacial score (nSPS) is 16.0. The Morgan fingerprint density at radius 1 is 1.15 bits per heavy atom. The van der Waals surface area contributed by atoms with Crippen LogP contribution in [0.3, 0.4) is 0 Å². The first-order valence-electron chi connectivity index (χ1n) is 8.33. The van der Waals surface area contributed by atoms with Gasteiger partial charge in [-0.1, -0.05) is 30.3 Å². The lowest BCUT2D eigenvalue weighted by Gasteiger charge is -2.33. The van der Waals surface area contributed by atoms with E-state index >= 15 is 0 Å². The molecule has 0 spiro atoms. The van der Waals surface area contributed by atoms with Gasteiger partial charge < -0.3 is 16.0 Å². The van der Waals surface area contributed by atoms with Crippen LogP contribution in [0, 0.1) is 0 Å². The molecule has 7 heteroatoms. The number of amides is 2. The summed E-state index contributed by atoms with van der Waals surface area (Å²) in [7, 11) is 0. The molecule has 0 aliphatic carbocycles. The number of carbonyl (C=O) groups excluding carboxylic acids is 1. The Labute approximate surface area is 150 Å². The number of rotatable bonds is 3. The summed E-state index contributed by atoms with van der Waals surface area (Å²) >= 11 is 0. The third kappa shape index (κ3) is 3.19. The highest BCUT2D eigenvalue weighted by molar-refractivity contribution is 5.72. The van der Waals surface area contributed by atoms with Gasteiger partial charge in [0.1, 0.15) is 0 Å². The van der Waals surface area contributed by atoms with E-state index in [4.69, 9.17) is 10.7 Å². The number of pyridine rings is 1. The number of primary amides is 1. The maximum atomic E-state index is 11.7. The lowest BCUT2D eigenvalue weighted by atomic mass is 9.89. The van der Waals surface area contributed by atoms with E-state index in [1.54, 1.807) is 23.5 Å². The van der Waals surface area contributed by atoms with Crippen molar-refractivity contribution >= 4 is 17.7 Å². The van der Waals surface area contributed by atoms with Gasteiger partial charge in [0.2, 0.25) is 5.95 Å². The Morgan fingerprint density at radius 3 is 2.73 bits per heavy atom. The topological polar surface area (TPSA) is 97.0 Å². The van der Waals surface area contributed by atoms with Crippen LogP contribution >= 0.6 is 0 Å². The molecule has 2 aromatic heterocycles. The second kappa shape index (κ2) is 6.79. The summed E-state index contributed by atoms with van der Waals surface area (Å²) in [4.78, 5) is 26.6. The minimum Gasteiger partial charge on any atom is -0.351 e. The maximum absolute atomic E-state index is 11.7. The van der Waals surface area contributed by atoms with Crippen LogP contribution in [-0.2, 0) is 6.54 Å². The molecule has 2 amide bonds. The number of fused-ring (bicyclic) bond motifs is 1. The summed E-state index contributed by atoms with van der Waals surface area (Å²) in [6, 6.07) is 13.3. The molecule has 26 heavy (non-hydrogen) atoms. The molecule has 0 unspecified atom stereocenters. The molecule has 0 radical (unpaired) electrons. The van der Waals surface area contributed by atoms with Gasteiger partial charge in [-0.05, 0) is 17.7 Å². The fourth-order valence-corrected chi connectivity index (χ4v) is 3.16. The fraction of sp³-hybridized carbons (Fsp3) is 0.158. The van der Waals surface area contributed by atoms with Crippen LogP contribution < -0.4 is 11.1 Å². The fourth-order valence-electron chi connectivity index (χ4n) is 3.16. The number of aromatic nitrogens is 3. The minimum absolute atomic E-state index is 0.0510. The summed E-state index contributed by atoms with van der Waals surface area (Å²) in [5.74, 6) is 0.454. The zero-order valence-corrected chi connectivity index (χ0v) is 14.0. The number of nitrogens with two attached hydrogens (primary N) is 1. The van der Waals surface area contributed by atoms with Gasteiger partial charge in [0, 0.05) is 30.4 Å². The Kier molecular flexibility index (Phi) is 4.18. The smallest absolute Gasteiger partial charge is 0.315 e. The molecule has 3 aromatic rings. The number of carbonyl (C=O) groups is 1. The van der Waals surface area contributed by atoms with Crippen molar-refractivity contribution in [1.29, 1.82) is 0 Å². The average molecular weight is 346 g/mol. The molecular formula is C19H18N6O. The predicted molar refractivity (Wildman–Crippen MR) is 97.8 cm³/mol. The van der Waals surface area contributed by atoms with Crippen LogP contribution in [0.4, 0.5) is 16.4 Å². The molecule has 3 heterocycles. The van der Waals surface area contributed by atoms with Gasteiger partial charge in [-0.2, -0.15) is 0 Å². The molecule has 7 nitrogen and oxygen atoms in total. The first kappa shape index (κ1) is 16.0. The number of hydrogen-bond donors (Lipinski definition) is 2. The van der Waals surface area contributed by atoms with E-state index in [1.807, 2.05) is 42.5 Å². The monoisotopic (exact) mass is 346 g/mol. The van der Waals surface area contributed by atoms with Crippen LogP contribution in [0.1, 0.15) is 22.7 Å². The van der Waals surface area contributed by atoms with Crippen molar-refractivity contribution in [2.45, 2.75) is 12.5 Å². The van der Waals surface area contributed by atoms with Crippen molar-refractivity contribution < 1.29 is 4.79 Å². The Morgan fingerprint density at radius 2 is 2.00 bits per heavy atom. The number of urea groups is 1. The molecule has 130 valence electrons. The zero-order valence-electron chi connectivity index (χ0n) is 14.0. The highest BCUT2D eigenvalue weighted by atomic mass is 16.2. The molecule has 1 atom stereocenters. The molecule has 0 saturated heterocycles. The summed E-state index contributed by atoms with van der Waals surface area (Å²) in [6.07, 6.45) is 5.18.